The molecule has 2 atom stereocenters. The van der Waals surface area contributed by atoms with Crippen LogP contribution in [0.2, 0.25) is 5.02 Å². The van der Waals surface area contributed by atoms with Gasteiger partial charge in [-0.1, -0.05) is 37.6 Å². The molecule has 110 valence electrons. The zero-order valence-corrected chi connectivity index (χ0v) is 13.1. The van der Waals surface area contributed by atoms with E-state index < -0.39 is 5.54 Å². The minimum Gasteiger partial charge on any atom is -0.347 e. The highest BCUT2D eigenvalue weighted by atomic mass is 35.5. The molecular weight excluding hydrogens is 272 g/mol. The number of hydrogen-bond donors (Lipinski definition) is 2. The lowest BCUT2D eigenvalue weighted by atomic mass is 9.92. The summed E-state index contributed by atoms with van der Waals surface area (Å²) >= 11 is 5.92. The van der Waals surface area contributed by atoms with Gasteiger partial charge in [0.2, 0.25) is 5.91 Å². The highest BCUT2D eigenvalue weighted by Crippen LogP contribution is 2.38. The standard InChI is InChI=1S/C16H23ClN2O/c1-10(2)14(11-4-8-13(17)9-5-11)19-15(20)16(3,18)12-6-7-12/h4-5,8-10,12,14H,6-7,18H2,1-3H3,(H,19,20). The number of hydrogen-bond acceptors (Lipinski definition) is 2. The fourth-order valence-electron chi connectivity index (χ4n) is 2.47. The van der Waals surface area contributed by atoms with Gasteiger partial charge in [0.25, 0.3) is 0 Å². The first kappa shape index (κ1) is 15.3. The molecule has 4 heteroatoms. The van der Waals surface area contributed by atoms with Crippen molar-refractivity contribution in [3.05, 3.63) is 34.9 Å². The zero-order valence-electron chi connectivity index (χ0n) is 12.3. The van der Waals surface area contributed by atoms with E-state index in [0.29, 0.717) is 10.9 Å². The molecule has 1 aromatic rings. The molecule has 0 spiro atoms. The Hall–Kier alpha value is -1.06. The monoisotopic (exact) mass is 294 g/mol. The number of rotatable bonds is 5. The Balaban J connectivity index is 2.13. The summed E-state index contributed by atoms with van der Waals surface area (Å²) in [5.41, 5.74) is 6.48. The average molecular weight is 295 g/mol. The van der Waals surface area contributed by atoms with Gasteiger partial charge in [0, 0.05) is 5.02 Å². The van der Waals surface area contributed by atoms with Crippen LogP contribution in [0.5, 0.6) is 0 Å². The number of amides is 1. The van der Waals surface area contributed by atoms with Crippen molar-refractivity contribution in [2.75, 3.05) is 0 Å². The van der Waals surface area contributed by atoms with Gasteiger partial charge in [-0.2, -0.15) is 0 Å². The summed E-state index contributed by atoms with van der Waals surface area (Å²) in [4.78, 5) is 12.4. The topological polar surface area (TPSA) is 55.1 Å². The van der Waals surface area contributed by atoms with Crippen LogP contribution in [0.15, 0.2) is 24.3 Å². The highest BCUT2D eigenvalue weighted by molar-refractivity contribution is 6.30. The lowest BCUT2D eigenvalue weighted by molar-refractivity contribution is -0.127. The fraction of sp³-hybridized carbons (Fsp3) is 0.562. The van der Waals surface area contributed by atoms with Crippen LogP contribution in [-0.4, -0.2) is 11.4 Å². The largest absolute Gasteiger partial charge is 0.347 e. The van der Waals surface area contributed by atoms with Gasteiger partial charge >= 0.3 is 0 Å². The molecule has 0 bridgehead atoms. The van der Waals surface area contributed by atoms with Gasteiger partial charge in [-0.15, -0.1) is 0 Å². The van der Waals surface area contributed by atoms with Crippen LogP contribution in [0, 0.1) is 11.8 Å². The predicted molar refractivity (Wildman–Crippen MR) is 82.5 cm³/mol. The van der Waals surface area contributed by atoms with E-state index in [1.54, 1.807) is 0 Å². The van der Waals surface area contributed by atoms with E-state index in [9.17, 15) is 4.79 Å². The van der Waals surface area contributed by atoms with E-state index in [1.165, 1.54) is 0 Å². The maximum atomic E-state index is 12.4. The van der Waals surface area contributed by atoms with Crippen LogP contribution in [0.25, 0.3) is 0 Å². The summed E-state index contributed by atoms with van der Waals surface area (Å²) in [5, 5.41) is 3.81. The van der Waals surface area contributed by atoms with E-state index in [-0.39, 0.29) is 17.9 Å². The molecule has 2 unspecified atom stereocenters. The summed E-state index contributed by atoms with van der Waals surface area (Å²) < 4.78 is 0. The summed E-state index contributed by atoms with van der Waals surface area (Å²) in [6.07, 6.45) is 2.10. The Morgan fingerprint density at radius 2 is 1.90 bits per heavy atom. The summed E-state index contributed by atoms with van der Waals surface area (Å²) in [6, 6.07) is 7.57. The van der Waals surface area contributed by atoms with E-state index in [2.05, 4.69) is 19.2 Å². The molecule has 3 N–H and O–H groups in total. The molecule has 0 aromatic heterocycles. The molecular formula is C16H23ClN2O. The summed E-state index contributed by atoms with van der Waals surface area (Å²) in [7, 11) is 0. The Kier molecular flexibility index (Phi) is 4.40. The first-order valence-electron chi connectivity index (χ1n) is 7.17. The third-order valence-electron chi connectivity index (χ3n) is 4.10. The van der Waals surface area contributed by atoms with Crippen LogP contribution in [0.3, 0.4) is 0 Å². The SMILES string of the molecule is CC(C)C(NC(=O)C(C)(N)C1CC1)c1ccc(Cl)cc1. The van der Waals surface area contributed by atoms with Crippen molar-refractivity contribution in [3.63, 3.8) is 0 Å². The number of carbonyl (C=O) groups excluding carboxylic acids is 1. The van der Waals surface area contributed by atoms with E-state index in [1.807, 2.05) is 31.2 Å². The van der Waals surface area contributed by atoms with Gasteiger partial charge in [0.15, 0.2) is 0 Å². The van der Waals surface area contributed by atoms with Gasteiger partial charge in [-0.3, -0.25) is 4.79 Å². The molecule has 1 saturated carbocycles. The van der Waals surface area contributed by atoms with Crippen LogP contribution >= 0.6 is 11.6 Å². The Bertz CT molecular complexity index is 478. The molecule has 1 aliphatic rings. The van der Waals surface area contributed by atoms with Crippen molar-refractivity contribution in [1.29, 1.82) is 0 Å². The second kappa shape index (κ2) is 5.74. The molecule has 0 heterocycles. The maximum absolute atomic E-state index is 12.4. The van der Waals surface area contributed by atoms with Crippen molar-refractivity contribution >= 4 is 17.5 Å². The van der Waals surface area contributed by atoms with Gasteiger partial charge in [-0.05, 0) is 49.3 Å². The number of benzene rings is 1. The smallest absolute Gasteiger partial charge is 0.240 e. The molecule has 1 amide bonds. The van der Waals surface area contributed by atoms with Crippen molar-refractivity contribution in [1.82, 2.24) is 5.32 Å². The molecule has 1 aromatic carbocycles. The van der Waals surface area contributed by atoms with Crippen LogP contribution in [0.1, 0.15) is 45.2 Å². The first-order valence-corrected chi connectivity index (χ1v) is 7.55. The lowest BCUT2D eigenvalue weighted by Crippen LogP contribution is -2.54. The van der Waals surface area contributed by atoms with Gasteiger partial charge < -0.3 is 11.1 Å². The van der Waals surface area contributed by atoms with E-state index in [4.69, 9.17) is 17.3 Å². The van der Waals surface area contributed by atoms with E-state index >= 15 is 0 Å². The minimum atomic E-state index is -0.764. The number of nitrogens with one attached hydrogen (secondary N) is 1. The van der Waals surface area contributed by atoms with Gasteiger partial charge in [0.1, 0.15) is 0 Å². The van der Waals surface area contributed by atoms with Crippen LogP contribution < -0.4 is 11.1 Å². The predicted octanol–water partition coefficient (Wildman–Crippen LogP) is 3.28. The molecule has 2 rings (SSSR count). The molecule has 0 radical (unpaired) electrons. The second-order valence-corrected chi connectivity index (χ2v) is 6.74. The van der Waals surface area contributed by atoms with Crippen LogP contribution in [-0.2, 0) is 4.79 Å². The molecule has 0 aliphatic heterocycles. The quantitative estimate of drug-likeness (QED) is 0.875. The molecule has 1 fully saturated rings. The number of carbonyl (C=O) groups is 1. The van der Waals surface area contributed by atoms with Crippen molar-refractivity contribution < 1.29 is 4.79 Å². The summed E-state index contributed by atoms with van der Waals surface area (Å²) in [5.74, 6) is 0.546. The zero-order chi connectivity index (χ0) is 14.9. The van der Waals surface area contributed by atoms with E-state index in [0.717, 1.165) is 18.4 Å². The van der Waals surface area contributed by atoms with Gasteiger partial charge in [-0.25, -0.2) is 0 Å². The molecule has 1 aliphatic carbocycles. The number of halogens is 1. The fourth-order valence-corrected chi connectivity index (χ4v) is 2.60. The van der Waals surface area contributed by atoms with Crippen LogP contribution in [0.4, 0.5) is 0 Å². The second-order valence-electron chi connectivity index (χ2n) is 6.30. The Morgan fingerprint density at radius 1 is 1.35 bits per heavy atom. The maximum Gasteiger partial charge on any atom is 0.240 e. The first-order chi connectivity index (χ1) is 9.32. The molecule has 3 nitrogen and oxygen atoms in total. The average Bonchev–Trinajstić information content (AvgIpc) is 3.21. The Labute approximate surface area is 125 Å². The normalized spacial score (nSPS) is 19.5. The molecule has 20 heavy (non-hydrogen) atoms. The summed E-state index contributed by atoms with van der Waals surface area (Å²) in [6.45, 7) is 6.01. The third-order valence-corrected chi connectivity index (χ3v) is 4.35. The van der Waals surface area contributed by atoms with Crippen molar-refractivity contribution in [2.45, 2.75) is 45.2 Å². The molecule has 0 saturated heterocycles. The van der Waals surface area contributed by atoms with Crippen molar-refractivity contribution in [2.24, 2.45) is 17.6 Å². The lowest BCUT2D eigenvalue weighted by Gasteiger charge is -2.29. The highest BCUT2D eigenvalue weighted by Gasteiger charge is 2.44. The number of nitrogens with two attached hydrogens (primary N) is 1. The third kappa shape index (κ3) is 3.33. The van der Waals surface area contributed by atoms with Crippen molar-refractivity contribution in [3.8, 4) is 0 Å². The Morgan fingerprint density at radius 3 is 2.35 bits per heavy atom. The van der Waals surface area contributed by atoms with Gasteiger partial charge in [0.05, 0.1) is 11.6 Å². The minimum absolute atomic E-state index is 0.0404.